The van der Waals surface area contributed by atoms with Crippen molar-refractivity contribution in [2.45, 2.75) is 12.7 Å². The summed E-state index contributed by atoms with van der Waals surface area (Å²) in [7, 11) is 0. The average Bonchev–Trinajstić information content (AvgIpc) is 2.54. The van der Waals surface area contributed by atoms with E-state index in [1.54, 1.807) is 0 Å². The van der Waals surface area contributed by atoms with Gasteiger partial charge >= 0.3 is 6.18 Å². The van der Waals surface area contributed by atoms with Crippen LogP contribution in [-0.2, 0) is 12.7 Å². The second-order valence-corrected chi connectivity index (χ2v) is 5.07. The topological polar surface area (TPSA) is 65.5 Å². The van der Waals surface area contributed by atoms with E-state index in [-0.39, 0.29) is 29.1 Å². The maximum atomic E-state index is 12.7. The predicted octanol–water partition coefficient (Wildman–Crippen LogP) is 4.06. The Labute approximate surface area is 134 Å². The standard InChI is InChI=1S/C17H12F3NO3/c18-17(19,20)10-2-1-3-11(6-10)23-12-4-5-14-15(22)7-13(9-21)24-16(14)8-12/h1-8H,9,21H2. The molecule has 0 saturated carbocycles. The number of halogens is 3. The first-order valence-corrected chi connectivity index (χ1v) is 6.99. The summed E-state index contributed by atoms with van der Waals surface area (Å²) in [5.41, 5.74) is 4.66. The molecule has 0 unspecified atom stereocenters. The Hall–Kier alpha value is -2.80. The molecule has 2 aromatic carbocycles. The summed E-state index contributed by atoms with van der Waals surface area (Å²) in [5, 5.41) is 0.337. The number of benzene rings is 2. The third kappa shape index (κ3) is 3.26. The summed E-state index contributed by atoms with van der Waals surface area (Å²) in [5.74, 6) is 0.587. The molecule has 0 aliphatic carbocycles. The molecule has 24 heavy (non-hydrogen) atoms. The van der Waals surface area contributed by atoms with Crippen LogP contribution in [0.4, 0.5) is 13.2 Å². The third-order valence-corrected chi connectivity index (χ3v) is 3.35. The van der Waals surface area contributed by atoms with Crippen molar-refractivity contribution in [1.82, 2.24) is 0 Å². The van der Waals surface area contributed by atoms with Crippen molar-refractivity contribution in [1.29, 1.82) is 0 Å². The lowest BCUT2D eigenvalue weighted by Gasteiger charge is -2.10. The summed E-state index contributed by atoms with van der Waals surface area (Å²) in [6.45, 7) is 0.0594. The van der Waals surface area contributed by atoms with Crippen molar-refractivity contribution in [3.63, 3.8) is 0 Å². The second kappa shape index (κ2) is 6.01. The largest absolute Gasteiger partial charge is 0.459 e. The van der Waals surface area contributed by atoms with Crippen molar-refractivity contribution in [2.75, 3.05) is 0 Å². The normalized spacial score (nSPS) is 11.7. The minimum Gasteiger partial charge on any atom is -0.459 e. The first kappa shape index (κ1) is 16.1. The van der Waals surface area contributed by atoms with Gasteiger partial charge in [0.2, 0.25) is 0 Å². The molecule has 124 valence electrons. The van der Waals surface area contributed by atoms with Gasteiger partial charge in [-0.1, -0.05) is 6.07 Å². The van der Waals surface area contributed by atoms with E-state index >= 15 is 0 Å². The van der Waals surface area contributed by atoms with Gasteiger partial charge in [0.05, 0.1) is 17.5 Å². The Morgan fingerprint density at radius 1 is 1.04 bits per heavy atom. The zero-order valence-electron chi connectivity index (χ0n) is 12.3. The van der Waals surface area contributed by atoms with Crippen LogP contribution in [0.15, 0.2) is 57.7 Å². The first-order chi connectivity index (χ1) is 11.4. The van der Waals surface area contributed by atoms with E-state index < -0.39 is 11.7 Å². The minimum atomic E-state index is -4.45. The smallest absolute Gasteiger partial charge is 0.416 e. The van der Waals surface area contributed by atoms with Gasteiger partial charge in [-0.05, 0) is 30.3 Å². The van der Waals surface area contributed by atoms with E-state index in [1.807, 2.05) is 0 Å². The van der Waals surface area contributed by atoms with Crippen LogP contribution in [0.25, 0.3) is 11.0 Å². The molecular formula is C17H12F3NO3. The van der Waals surface area contributed by atoms with Gasteiger partial charge in [0.15, 0.2) is 5.43 Å². The van der Waals surface area contributed by atoms with Crippen molar-refractivity contribution >= 4 is 11.0 Å². The van der Waals surface area contributed by atoms with Gasteiger partial charge in [-0.2, -0.15) is 13.2 Å². The lowest BCUT2D eigenvalue weighted by atomic mass is 10.2. The highest BCUT2D eigenvalue weighted by molar-refractivity contribution is 5.78. The van der Waals surface area contributed by atoms with Gasteiger partial charge in [0.1, 0.15) is 22.8 Å². The van der Waals surface area contributed by atoms with E-state index in [1.165, 1.54) is 36.4 Å². The number of nitrogens with two attached hydrogens (primary N) is 1. The monoisotopic (exact) mass is 335 g/mol. The van der Waals surface area contributed by atoms with Crippen LogP contribution < -0.4 is 15.9 Å². The summed E-state index contributed by atoms with van der Waals surface area (Å²) >= 11 is 0. The molecule has 0 amide bonds. The van der Waals surface area contributed by atoms with Gasteiger partial charge in [-0.3, -0.25) is 4.79 Å². The molecule has 1 aromatic heterocycles. The van der Waals surface area contributed by atoms with Crippen molar-refractivity contribution in [3.8, 4) is 11.5 Å². The Bertz CT molecular complexity index is 948. The fraction of sp³-hybridized carbons (Fsp3) is 0.118. The fourth-order valence-corrected chi connectivity index (χ4v) is 2.22. The molecule has 0 atom stereocenters. The Morgan fingerprint density at radius 3 is 2.50 bits per heavy atom. The fourth-order valence-electron chi connectivity index (χ4n) is 2.22. The molecule has 1 heterocycles. The van der Waals surface area contributed by atoms with Gasteiger partial charge in [0, 0.05) is 12.1 Å². The molecule has 3 rings (SSSR count). The predicted molar refractivity (Wildman–Crippen MR) is 81.9 cm³/mol. The van der Waals surface area contributed by atoms with E-state index in [9.17, 15) is 18.0 Å². The molecule has 0 bridgehead atoms. The first-order valence-electron chi connectivity index (χ1n) is 6.99. The van der Waals surface area contributed by atoms with Gasteiger partial charge in [0.25, 0.3) is 0 Å². The number of ether oxygens (including phenoxy) is 1. The highest BCUT2D eigenvalue weighted by Crippen LogP contribution is 2.33. The zero-order valence-corrected chi connectivity index (χ0v) is 12.3. The molecule has 0 aliphatic heterocycles. The van der Waals surface area contributed by atoms with Crippen LogP contribution >= 0.6 is 0 Å². The van der Waals surface area contributed by atoms with Crippen LogP contribution in [0.3, 0.4) is 0 Å². The minimum absolute atomic E-state index is 0.0292. The van der Waals surface area contributed by atoms with Gasteiger partial charge in [-0.25, -0.2) is 0 Å². The number of rotatable bonds is 3. The van der Waals surface area contributed by atoms with Crippen molar-refractivity contribution in [3.05, 3.63) is 70.1 Å². The lowest BCUT2D eigenvalue weighted by molar-refractivity contribution is -0.137. The number of alkyl halides is 3. The molecule has 2 N–H and O–H groups in total. The average molecular weight is 335 g/mol. The SMILES string of the molecule is NCc1cc(=O)c2ccc(Oc3cccc(C(F)(F)F)c3)cc2o1. The van der Waals surface area contributed by atoms with Crippen LogP contribution in [0.2, 0.25) is 0 Å². The summed E-state index contributed by atoms with van der Waals surface area (Å²) in [4.78, 5) is 11.9. The van der Waals surface area contributed by atoms with Crippen LogP contribution in [-0.4, -0.2) is 0 Å². The molecule has 3 aromatic rings. The number of hydrogen-bond donors (Lipinski definition) is 1. The molecular weight excluding hydrogens is 323 g/mol. The van der Waals surface area contributed by atoms with Crippen LogP contribution in [0, 0.1) is 0 Å². The summed E-state index contributed by atoms with van der Waals surface area (Å²) < 4.78 is 49.1. The number of hydrogen-bond acceptors (Lipinski definition) is 4. The lowest BCUT2D eigenvalue weighted by Crippen LogP contribution is -2.05. The van der Waals surface area contributed by atoms with Crippen LogP contribution in [0.5, 0.6) is 11.5 Å². The zero-order chi connectivity index (χ0) is 17.3. The maximum Gasteiger partial charge on any atom is 0.416 e. The Kier molecular flexibility index (Phi) is 4.02. The second-order valence-electron chi connectivity index (χ2n) is 5.07. The third-order valence-electron chi connectivity index (χ3n) is 3.35. The maximum absolute atomic E-state index is 12.7. The van der Waals surface area contributed by atoms with Gasteiger partial charge in [-0.15, -0.1) is 0 Å². The molecule has 7 heteroatoms. The molecule has 0 aliphatic rings. The van der Waals surface area contributed by atoms with E-state index in [0.29, 0.717) is 11.1 Å². The van der Waals surface area contributed by atoms with Gasteiger partial charge < -0.3 is 14.9 Å². The highest BCUT2D eigenvalue weighted by atomic mass is 19.4. The van der Waals surface area contributed by atoms with Crippen LogP contribution in [0.1, 0.15) is 11.3 Å². The molecule has 0 spiro atoms. The van der Waals surface area contributed by atoms with E-state index in [4.69, 9.17) is 14.9 Å². The van der Waals surface area contributed by atoms with Crippen molar-refractivity contribution < 1.29 is 22.3 Å². The van der Waals surface area contributed by atoms with Crippen molar-refractivity contribution in [2.24, 2.45) is 5.73 Å². The highest BCUT2D eigenvalue weighted by Gasteiger charge is 2.30. The molecule has 0 radical (unpaired) electrons. The Balaban J connectivity index is 1.97. The molecule has 0 saturated heterocycles. The van der Waals surface area contributed by atoms with E-state index in [2.05, 4.69) is 0 Å². The van der Waals surface area contributed by atoms with E-state index in [0.717, 1.165) is 12.1 Å². The quantitative estimate of drug-likeness (QED) is 0.784. The summed E-state index contributed by atoms with van der Waals surface area (Å²) in [6.07, 6.45) is -4.45. The summed E-state index contributed by atoms with van der Waals surface area (Å²) in [6, 6.07) is 10.2. The Morgan fingerprint density at radius 2 is 1.79 bits per heavy atom. The molecule has 4 nitrogen and oxygen atoms in total. The molecule has 0 fully saturated rings. The number of fused-ring (bicyclic) bond motifs is 1.